The number of aromatic nitrogens is 1. The molecule has 0 aliphatic carbocycles. The van der Waals surface area contributed by atoms with Crippen LogP contribution in [-0.4, -0.2) is 29.5 Å². The van der Waals surface area contributed by atoms with Crippen molar-refractivity contribution in [2.24, 2.45) is 0 Å². The molecular weight excluding hydrogens is 336 g/mol. The van der Waals surface area contributed by atoms with Crippen molar-refractivity contribution in [2.75, 3.05) is 7.11 Å². The summed E-state index contributed by atoms with van der Waals surface area (Å²) in [6.07, 6.45) is 0.430. The zero-order valence-electron chi connectivity index (χ0n) is 15.3. The van der Waals surface area contributed by atoms with Crippen LogP contribution in [0, 0.1) is 0 Å². The summed E-state index contributed by atoms with van der Waals surface area (Å²) in [5, 5.41) is 5.21. The fourth-order valence-electron chi connectivity index (χ4n) is 2.34. The maximum Gasteiger partial charge on any atom is 0.331 e. The predicted octanol–water partition coefficient (Wildman–Crippen LogP) is 4.01. The molecule has 0 radical (unpaired) electrons. The van der Waals surface area contributed by atoms with Gasteiger partial charge in [0.15, 0.2) is 0 Å². The molecule has 1 N–H and O–H groups in total. The molecule has 0 aliphatic rings. The van der Waals surface area contributed by atoms with E-state index in [1.165, 1.54) is 24.0 Å². The van der Waals surface area contributed by atoms with Gasteiger partial charge >= 0.3 is 5.97 Å². The molecule has 1 unspecified atom stereocenters. The molecule has 1 aromatic heterocycles. The summed E-state index contributed by atoms with van der Waals surface area (Å²) < 4.78 is 4.78. The molecule has 2 aromatic rings. The van der Waals surface area contributed by atoms with Crippen molar-refractivity contribution in [2.45, 2.75) is 45.6 Å². The van der Waals surface area contributed by atoms with E-state index < -0.39 is 11.5 Å². The zero-order chi connectivity index (χ0) is 18.6. The van der Waals surface area contributed by atoms with Crippen molar-refractivity contribution in [3.63, 3.8) is 0 Å². The number of carbonyl (C=O) groups is 2. The highest BCUT2D eigenvalue weighted by atomic mass is 32.1. The molecular formula is C19H24N2O3S. The molecule has 5 nitrogen and oxygen atoms in total. The SMILES string of the molecule is CCC(C)(NC(=O)c1csc(-c2ccc(C(C)C)cc2)n1)C(=O)OC. The lowest BCUT2D eigenvalue weighted by molar-refractivity contribution is -0.147. The molecule has 25 heavy (non-hydrogen) atoms. The number of hydrogen-bond acceptors (Lipinski definition) is 5. The number of carbonyl (C=O) groups excluding carboxylic acids is 2. The molecule has 1 aromatic carbocycles. The molecule has 134 valence electrons. The Labute approximate surface area is 152 Å². The fourth-order valence-corrected chi connectivity index (χ4v) is 3.15. The Hall–Kier alpha value is -2.21. The number of nitrogens with one attached hydrogen (secondary N) is 1. The normalized spacial score (nSPS) is 13.4. The second-order valence-electron chi connectivity index (χ2n) is 6.45. The van der Waals surface area contributed by atoms with Crippen LogP contribution in [0.4, 0.5) is 0 Å². The number of esters is 1. The quantitative estimate of drug-likeness (QED) is 0.791. The standard InChI is InChI=1S/C19H24N2O3S/c1-6-19(4,18(23)24-5)21-16(22)15-11-25-17(20-15)14-9-7-13(8-10-14)12(2)3/h7-12H,6H2,1-5H3,(H,21,22). The lowest BCUT2D eigenvalue weighted by atomic mass is 9.99. The average Bonchev–Trinajstić information content (AvgIpc) is 3.11. The van der Waals surface area contributed by atoms with Crippen LogP contribution in [0.15, 0.2) is 29.6 Å². The highest BCUT2D eigenvalue weighted by molar-refractivity contribution is 7.13. The third-order valence-electron chi connectivity index (χ3n) is 4.29. The molecule has 0 saturated heterocycles. The van der Waals surface area contributed by atoms with Crippen LogP contribution < -0.4 is 5.32 Å². The van der Waals surface area contributed by atoms with Crippen LogP contribution in [-0.2, 0) is 9.53 Å². The van der Waals surface area contributed by atoms with E-state index in [1.807, 2.05) is 19.1 Å². The van der Waals surface area contributed by atoms with E-state index in [9.17, 15) is 9.59 Å². The first-order chi connectivity index (χ1) is 11.8. The first-order valence-electron chi connectivity index (χ1n) is 8.27. The van der Waals surface area contributed by atoms with Crippen molar-refractivity contribution in [3.05, 3.63) is 40.9 Å². The summed E-state index contributed by atoms with van der Waals surface area (Å²) >= 11 is 1.40. The Balaban J connectivity index is 2.17. The van der Waals surface area contributed by atoms with Gasteiger partial charge in [0, 0.05) is 10.9 Å². The van der Waals surface area contributed by atoms with Gasteiger partial charge in [0.25, 0.3) is 5.91 Å². The number of thiazole rings is 1. The Kier molecular flexibility index (Phi) is 5.95. The minimum Gasteiger partial charge on any atom is -0.467 e. The minimum absolute atomic E-state index is 0.302. The summed E-state index contributed by atoms with van der Waals surface area (Å²) in [7, 11) is 1.31. The second-order valence-corrected chi connectivity index (χ2v) is 7.30. The molecule has 0 aliphatic heterocycles. The largest absolute Gasteiger partial charge is 0.467 e. The average molecular weight is 360 g/mol. The number of methoxy groups -OCH3 is 1. The third kappa shape index (κ3) is 4.25. The van der Waals surface area contributed by atoms with Gasteiger partial charge in [-0.25, -0.2) is 9.78 Å². The van der Waals surface area contributed by atoms with Crippen LogP contribution in [0.2, 0.25) is 0 Å². The Morgan fingerprint density at radius 2 is 1.92 bits per heavy atom. The van der Waals surface area contributed by atoms with E-state index in [0.717, 1.165) is 10.6 Å². The Morgan fingerprint density at radius 3 is 2.44 bits per heavy atom. The van der Waals surface area contributed by atoms with Crippen LogP contribution in [0.5, 0.6) is 0 Å². The van der Waals surface area contributed by atoms with E-state index in [0.29, 0.717) is 18.0 Å². The van der Waals surface area contributed by atoms with Crippen molar-refractivity contribution in [3.8, 4) is 10.6 Å². The summed E-state index contributed by atoms with van der Waals surface area (Å²) in [6, 6.07) is 8.18. The van der Waals surface area contributed by atoms with Gasteiger partial charge in [0.2, 0.25) is 0 Å². The number of ether oxygens (including phenoxy) is 1. The lowest BCUT2D eigenvalue weighted by Gasteiger charge is -2.25. The molecule has 6 heteroatoms. The number of amides is 1. The second kappa shape index (κ2) is 7.78. The predicted molar refractivity (Wildman–Crippen MR) is 99.8 cm³/mol. The maximum absolute atomic E-state index is 12.5. The van der Waals surface area contributed by atoms with Crippen LogP contribution >= 0.6 is 11.3 Å². The minimum atomic E-state index is -1.06. The van der Waals surface area contributed by atoms with Crippen LogP contribution in [0.3, 0.4) is 0 Å². The van der Waals surface area contributed by atoms with E-state index in [2.05, 4.69) is 36.3 Å². The highest BCUT2D eigenvalue weighted by Gasteiger charge is 2.34. The van der Waals surface area contributed by atoms with Gasteiger partial charge in [0.1, 0.15) is 16.2 Å². The molecule has 1 amide bonds. The molecule has 1 heterocycles. The van der Waals surface area contributed by atoms with Gasteiger partial charge in [0.05, 0.1) is 7.11 Å². The summed E-state index contributed by atoms with van der Waals surface area (Å²) in [5.74, 6) is -0.379. The highest BCUT2D eigenvalue weighted by Crippen LogP contribution is 2.26. The van der Waals surface area contributed by atoms with Crippen molar-refractivity contribution in [1.82, 2.24) is 10.3 Å². The van der Waals surface area contributed by atoms with Gasteiger partial charge in [-0.2, -0.15) is 0 Å². The topological polar surface area (TPSA) is 68.3 Å². The monoisotopic (exact) mass is 360 g/mol. The first-order valence-corrected chi connectivity index (χ1v) is 9.15. The van der Waals surface area contributed by atoms with E-state index in [-0.39, 0.29) is 5.91 Å². The molecule has 0 spiro atoms. The summed E-state index contributed by atoms with van der Waals surface area (Å²) in [6.45, 7) is 7.76. The van der Waals surface area contributed by atoms with Crippen LogP contribution in [0.25, 0.3) is 10.6 Å². The Morgan fingerprint density at radius 1 is 1.28 bits per heavy atom. The maximum atomic E-state index is 12.5. The lowest BCUT2D eigenvalue weighted by Crippen LogP contribution is -2.52. The fraction of sp³-hybridized carbons (Fsp3) is 0.421. The summed E-state index contributed by atoms with van der Waals surface area (Å²) in [5.41, 5.74) is 1.47. The van der Waals surface area contributed by atoms with Crippen molar-refractivity contribution >= 4 is 23.2 Å². The zero-order valence-corrected chi connectivity index (χ0v) is 16.1. The summed E-state index contributed by atoms with van der Waals surface area (Å²) in [4.78, 5) is 28.8. The molecule has 0 bridgehead atoms. The molecule has 0 saturated carbocycles. The number of rotatable bonds is 6. The van der Waals surface area contributed by atoms with Crippen molar-refractivity contribution in [1.29, 1.82) is 0 Å². The van der Waals surface area contributed by atoms with Gasteiger partial charge in [-0.3, -0.25) is 4.79 Å². The van der Waals surface area contributed by atoms with Gasteiger partial charge in [-0.15, -0.1) is 11.3 Å². The van der Waals surface area contributed by atoms with Gasteiger partial charge in [-0.05, 0) is 24.8 Å². The Bertz CT molecular complexity index is 752. The van der Waals surface area contributed by atoms with E-state index >= 15 is 0 Å². The van der Waals surface area contributed by atoms with Gasteiger partial charge < -0.3 is 10.1 Å². The number of benzene rings is 1. The number of hydrogen-bond donors (Lipinski definition) is 1. The van der Waals surface area contributed by atoms with E-state index in [4.69, 9.17) is 4.74 Å². The smallest absolute Gasteiger partial charge is 0.331 e. The number of nitrogens with zero attached hydrogens (tertiary/aromatic N) is 1. The molecule has 0 fully saturated rings. The van der Waals surface area contributed by atoms with Crippen molar-refractivity contribution < 1.29 is 14.3 Å². The van der Waals surface area contributed by atoms with Gasteiger partial charge in [-0.1, -0.05) is 45.0 Å². The third-order valence-corrected chi connectivity index (χ3v) is 5.18. The van der Waals surface area contributed by atoms with E-state index in [1.54, 1.807) is 12.3 Å². The van der Waals surface area contributed by atoms with Crippen LogP contribution in [0.1, 0.15) is 56.1 Å². The molecule has 2 rings (SSSR count). The molecule has 1 atom stereocenters. The first kappa shape index (κ1) is 19.1.